The normalized spacial score (nSPS) is 16.6. The molecule has 9 heteroatoms. The lowest BCUT2D eigenvalue weighted by atomic mass is 10.2. The Morgan fingerprint density at radius 3 is 2.74 bits per heavy atom. The van der Waals surface area contributed by atoms with Crippen molar-refractivity contribution in [1.29, 1.82) is 0 Å². The first-order chi connectivity index (χ1) is 12.9. The van der Waals surface area contributed by atoms with Gasteiger partial charge in [0.1, 0.15) is 5.01 Å². The number of nitrogens with zero attached hydrogens (tertiary/aromatic N) is 2. The second kappa shape index (κ2) is 6.90. The monoisotopic (exact) mass is 406 g/mol. The summed E-state index contributed by atoms with van der Waals surface area (Å²) in [5, 5.41) is 8.87. The summed E-state index contributed by atoms with van der Waals surface area (Å²) in [4.78, 5) is 30.5. The number of anilines is 1. The molecule has 1 unspecified atom stereocenters. The number of thioether (sulfide) groups is 1. The molecule has 0 bridgehead atoms. The minimum absolute atomic E-state index is 0.106. The van der Waals surface area contributed by atoms with Crippen LogP contribution in [0.4, 0.5) is 14.5 Å². The van der Waals surface area contributed by atoms with Crippen molar-refractivity contribution in [2.45, 2.75) is 23.1 Å². The van der Waals surface area contributed by atoms with Crippen molar-refractivity contribution in [3.05, 3.63) is 53.0 Å². The second-order valence-corrected chi connectivity index (χ2v) is 8.30. The maximum Gasteiger partial charge on any atom is 0.305 e. The molecular weight excluding hydrogens is 394 g/mol. The van der Waals surface area contributed by atoms with Gasteiger partial charge in [0.25, 0.3) is 0 Å². The largest absolute Gasteiger partial charge is 0.481 e. The van der Waals surface area contributed by atoms with Crippen LogP contribution in [0, 0.1) is 11.6 Å². The van der Waals surface area contributed by atoms with Crippen molar-refractivity contribution in [1.82, 2.24) is 4.98 Å². The molecule has 1 amide bonds. The lowest BCUT2D eigenvalue weighted by Crippen LogP contribution is -2.41. The van der Waals surface area contributed by atoms with E-state index >= 15 is 0 Å². The van der Waals surface area contributed by atoms with E-state index in [1.807, 2.05) is 12.1 Å². The van der Waals surface area contributed by atoms with E-state index in [2.05, 4.69) is 4.98 Å². The summed E-state index contributed by atoms with van der Waals surface area (Å²) < 4.78 is 27.3. The van der Waals surface area contributed by atoms with Crippen LogP contribution in [0.2, 0.25) is 0 Å². The molecule has 0 spiro atoms. The van der Waals surface area contributed by atoms with Crippen molar-refractivity contribution in [3.63, 3.8) is 0 Å². The zero-order valence-corrected chi connectivity index (χ0v) is 15.3. The minimum atomic E-state index is -1.05. The Bertz CT molecular complexity index is 1030. The number of para-hydroxylation sites is 1. The van der Waals surface area contributed by atoms with Crippen LogP contribution < -0.4 is 4.90 Å². The van der Waals surface area contributed by atoms with Gasteiger partial charge in [-0.25, -0.2) is 13.8 Å². The molecule has 27 heavy (non-hydrogen) atoms. The molecule has 4 rings (SSSR count). The van der Waals surface area contributed by atoms with Crippen molar-refractivity contribution in [3.8, 4) is 0 Å². The van der Waals surface area contributed by atoms with Gasteiger partial charge in [-0.05, 0) is 18.2 Å². The molecule has 1 aliphatic rings. The average molecular weight is 406 g/mol. The number of thiazole rings is 1. The highest BCUT2D eigenvalue weighted by molar-refractivity contribution is 8.01. The number of fused-ring (bicyclic) bond motifs is 2. The molecular formula is C18H12F2N2O3S2. The average Bonchev–Trinajstić information content (AvgIpc) is 2.99. The van der Waals surface area contributed by atoms with Gasteiger partial charge in [0.15, 0.2) is 11.6 Å². The Morgan fingerprint density at radius 2 is 1.96 bits per heavy atom. The lowest BCUT2D eigenvalue weighted by Gasteiger charge is -2.32. The van der Waals surface area contributed by atoms with Gasteiger partial charge in [0.2, 0.25) is 5.91 Å². The van der Waals surface area contributed by atoms with Crippen molar-refractivity contribution in [2.75, 3.05) is 4.90 Å². The van der Waals surface area contributed by atoms with Crippen LogP contribution in [0.25, 0.3) is 10.2 Å². The van der Waals surface area contributed by atoms with E-state index in [9.17, 15) is 18.4 Å². The molecule has 1 N–H and O–H groups in total. The number of aliphatic carboxylic acids is 1. The molecule has 3 aromatic rings. The molecule has 138 valence electrons. The van der Waals surface area contributed by atoms with Gasteiger partial charge in [-0.3, -0.25) is 9.59 Å². The second-order valence-electron chi connectivity index (χ2n) is 5.94. The maximum atomic E-state index is 13.4. The third kappa shape index (κ3) is 3.40. The van der Waals surface area contributed by atoms with Gasteiger partial charge >= 0.3 is 5.97 Å². The standard InChI is InChI=1S/C18H12F2N2O3S2/c19-9-5-11-14(6-10(9)20)27-16(21-11)8-22-12-3-1-2-4-13(12)26-15(18(22)25)7-17(23)24/h1-6,15H,7-8H2,(H,23,24). The number of amides is 1. The summed E-state index contributed by atoms with van der Waals surface area (Å²) in [5.74, 6) is -3.30. The topological polar surface area (TPSA) is 70.5 Å². The van der Waals surface area contributed by atoms with E-state index < -0.39 is 22.9 Å². The van der Waals surface area contributed by atoms with Crippen LogP contribution in [0.1, 0.15) is 11.4 Å². The SMILES string of the molecule is O=C(O)CC1Sc2ccccc2N(Cc2nc3cc(F)c(F)cc3s2)C1=O. The molecule has 0 fully saturated rings. The third-order valence-electron chi connectivity index (χ3n) is 4.09. The smallest absolute Gasteiger partial charge is 0.305 e. The number of aromatic nitrogens is 1. The summed E-state index contributed by atoms with van der Waals surface area (Å²) in [7, 11) is 0. The van der Waals surface area contributed by atoms with Crippen molar-refractivity contribution >= 4 is 50.9 Å². The summed E-state index contributed by atoms with van der Waals surface area (Å²) in [6.45, 7) is 0.106. The van der Waals surface area contributed by atoms with Crippen molar-refractivity contribution < 1.29 is 23.5 Å². The number of hydrogen-bond donors (Lipinski definition) is 1. The highest BCUT2D eigenvalue weighted by atomic mass is 32.2. The molecule has 2 heterocycles. The molecule has 1 aromatic heterocycles. The number of rotatable bonds is 4. The molecule has 0 saturated carbocycles. The Balaban J connectivity index is 1.71. The fraction of sp³-hybridized carbons (Fsp3) is 0.167. The van der Waals surface area contributed by atoms with Gasteiger partial charge in [-0.15, -0.1) is 23.1 Å². The quantitative estimate of drug-likeness (QED) is 0.708. The molecule has 0 radical (unpaired) electrons. The first kappa shape index (κ1) is 17.9. The van der Waals surface area contributed by atoms with Crippen LogP contribution in [0.15, 0.2) is 41.3 Å². The Morgan fingerprint density at radius 1 is 1.22 bits per heavy atom. The van der Waals surface area contributed by atoms with E-state index in [4.69, 9.17) is 5.11 Å². The van der Waals surface area contributed by atoms with E-state index in [-0.39, 0.29) is 18.9 Å². The number of benzene rings is 2. The van der Waals surface area contributed by atoms with Crippen LogP contribution in [-0.2, 0) is 16.1 Å². The molecule has 0 saturated heterocycles. The fourth-order valence-corrected chi connectivity index (χ4v) is 5.08. The van der Waals surface area contributed by atoms with E-state index in [0.29, 0.717) is 20.9 Å². The summed E-state index contributed by atoms with van der Waals surface area (Å²) >= 11 is 2.40. The first-order valence-corrected chi connectivity index (χ1v) is 9.65. The molecule has 1 atom stereocenters. The highest BCUT2D eigenvalue weighted by Gasteiger charge is 2.35. The summed E-state index contributed by atoms with van der Waals surface area (Å²) in [5.41, 5.74) is 0.994. The van der Waals surface area contributed by atoms with Crippen LogP contribution in [0.3, 0.4) is 0 Å². The number of halogens is 2. The number of carbonyl (C=O) groups excluding carboxylic acids is 1. The third-order valence-corrected chi connectivity index (χ3v) is 6.35. The zero-order chi connectivity index (χ0) is 19.1. The minimum Gasteiger partial charge on any atom is -0.481 e. The van der Waals surface area contributed by atoms with Gasteiger partial charge in [0, 0.05) is 11.0 Å². The predicted molar refractivity (Wildman–Crippen MR) is 99.1 cm³/mol. The van der Waals surface area contributed by atoms with Gasteiger partial charge in [-0.2, -0.15) is 0 Å². The predicted octanol–water partition coefficient (Wildman–Crippen LogP) is 4.06. The Kier molecular flexibility index (Phi) is 4.56. The number of carboxylic acid groups (broad SMARTS) is 1. The number of carbonyl (C=O) groups is 2. The summed E-state index contributed by atoms with van der Waals surface area (Å²) in [6, 6.07) is 9.34. The van der Waals surface area contributed by atoms with E-state index in [1.165, 1.54) is 28.0 Å². The van der Waals surface area contributed by atoms with Crippen LogP contribution >= 0.6 is 23.1 Å². The highest BCUT2D eigenvalue weighted by Crippen LogP contribution is 2.41. The number of hydrogen-bond acceptors (Lipinski definition) is 5. The maximum absolute atomic E-state index is 13.4. The Labute approximate surface area is 160 Å². The summed E-state index contributed by atoms with van der Waals surface area (Å²) in [6.07, 6.45) is -0.287. The number of carboxylic acids is 1. The zero-order valence-electron chi connectivity index (χ0n) is 13.7. The molecule has 5 nitrogen and oxygen atoms in total. The van der Waals surface area contributed by atoms with Gasteiger partial charge in [0.05, 0.1) is 34.1 Å². The fourth-order valence-electron chi connectivity index (χ4n) is 2.90. The molecule has 0 aliphatic carbocycles. The van der Waals surface area contributed by atoms with Gasteiger partial charge < -0.3 is 10.0 Å². The molecule has 2 aromatic carbocycles. The van der Waals surface area contributed by atoms with E-state index in [0.717, 1.165) is 17.0 Å². The Hall–Kier alpha value is -2.52. The molecule has 1 aliphatic heterocycles. The van der Waals surface area contributed by atoms with Crippen LogP contribution in [0.5, 0.6) is 0 Å². The van der Waals surface area contributed by atoms with E-state index in [1.54, 1.807) is 12.1 Å². The first-order valence-electron chi connectivity index (χ1n) is 7.95. The lowest BCUT2D eigenvalue weighted by molar-refractivity contribution is -0.138. The van der Waals surface area contributed by atoms with Gasteiger partial charge in [-0.1, -0.05) is 12.1 Å². The van der Waals surface area contributed by atoms with Crippen molar-refractivity contribution in [2.24, 2.45) is 0 Å². The van der Waals surface area contributed by atoms with Crippen LogP contribution in [-0.4, -0.2) is 27.2 Å².